The van der Waals surface area contributed by atoms with Crippen molar-refractivity contribution in [2.75, 3.05) is 0 Å². The van der Waals surface area contributed by atoms with Crippen LogP contribution >= 0.6 is 0 Å². The molecule has 5 aliphatic carbocycles. The molecule has 0 aromatic carbocycles. The van der Waals surface area contributed by atoms with Crippen LogP contribution in [0.2, 0.25) is 24.2 Å². The Bertz CT molecular complexity index is 545. The Morgan fingerprint density at radius 1 is 0.500 bits per heavy atom. The molecule has 10 atom stereocenters. The van der Waals surface area contributed by atoms with Crippen LogP contribution in [0.1, 0.15) is 91.4 Å². The van der Waals surface area contributed by atoms with Crippen LogP contribution in [0.3, 0.4) is 0 Å². The Kier molecular flexibility index (Phi) is 5.34. The highest BCUT2D eigenvalue weighted by Gasteiger charge is 2.62. The molecule has 0 heterocycles. The predicted octanol–water partition coefficient (Wildman–Crippen LogP) is 8.40. The second kappa shape index (κ2) is 7.42. The maximum absolute atomic E-state index is 2.93. The van der Waals surface area contributed by atoms with Gasteiger partial charge in [-0.2, -0.15) is 0 Å². The predicted molar refractivity (Wildman–Crippen MR) is 124 cm³/mol. The second-order valence-corrected chi connectivity index (χ2v) is 18.1. The van der Waals surface area contributed by atoms with Gasteiger partial charge in [0.25, 0.3) is 0 Å². The lowest BCUT2D eigenvalue weighted by atomic mass is 9.69. The summed E-state index contributed by atoms with van der Waals surface area (Å²) in [6, 6.07) is 0. The van der Waals surface area contributed by atoms with Gasteiger partial charge in [-0.25, -0.2) is 0 Å². The van der Waals surface area contributed by atoms with E-state index in [2.05, 4.69) is 33.9 Å². The van der Waals surface area contributed by atoms with Crippen LogP contribution in [0, 0.1) is 53.3 Å². The molecule has 160 valence electrons. The molecule has 0 aromatic rings. The third kappa shape index (κ3) is 2.95. The van der Waals surface area contributed by atoms with Gasteiger partial charge in [-0.3, -0.25) is 0 Å². The first-order valence-corrected chi connectivity index (χ1v) is 16.6. The molecular formula is C27H48Si. The number of rotatable bonds is 2. The van der Waals surface area contributed by atoms with Gasteiger partial charge in [-0.1, -0.05) is 85.2 Å². The number of hydrogen-bond acceptors (Lipinski definition) is 0. The summed E-state index contributed by atoms with van der Waals surface area (Å²) in [4.78, 5) is 0. The van der Waals surface area contributed by atoms with E-state index in [0.29, 0.717) is 0 Å². The van der Waals surface area contributed by atoms with Crippen molar-refractivity contribution >= 4 is 8.07 Å². The van der Waals surface area contributed by atoms with E-state index in [1.165, 1.54) is 18.4 Å². The van der Waals surface area contributed by atoms with E-state index in [-0.39, 0.29) is 0 Å². The summed E-state index contributed by atoms with van der Waals surface area (Å²) < 4.78 is 0. The Balaban J connectivity index is 1.49. The maximum atomic E-state index is 2.93. The molecule has 5 aliphatic rings. The summed E-state index contributed by atoms with van der Waals surface area (Å²) in [5.41, 5.74) is 2.31. The van der Waals surface area contributed by atoms with Crippen molar-refractivity contribution in [3.8, 4) is 0 Å². The fraction of sp³-hybridized carbons (Fsp3) is 1.00. The zero-order chi connectivity index (χ0) is 19.6. The van der Waals surface area contributed by atoms with Gasteiger partial charge in [0.2, 0.25) is 0 Å². The quantitative estimate of drug-likeness (QED) is 0.408. The highest BCUT2D eigenvalue weighted by Crippen LogP contribution is 2.68. The highest BCUT2D eigenvalue weighted by molar-refractivity contribution is 6.80. The van der Waals surface area contributed by atoms with Gasteiger partial charge in [-0.15, -0.1) is 0 Å². The maximum Gasteiger partial charge on any atom is 0.0547 e. The van der Waals surface area contributed by atoms with Crippen molar-refractivity contribution in [3.63, 3.8) is 0 Å². The normalized spacial score (nSPS) is 54.1. The molecule has 0 aromatic heterocycles. The van der Waals surface area contributed by atoms with Crippen molar-refractivity contribution in [2.45, 2.75) is 116 Å². The van der Waals surface area contributed by atoms with Crippen LogP contribution in [-0.2, 0) is 0 Å². The molecule has 0 aliphatic heterocycles. The molecule has 0 N–H and O–H groups in total. The fourth-order valence-corrected chi connectivity index (χ4v) is 17.6. The van der Waals surface area contributed by atoms with Gasteiger partial charge < -0.3 is 0 Å². The Labute approximate surface area is 177 Å². The lowest BCUT2D eigenvalue weighted by Crippen LogP contribution is -2.48. The van der Waals surface area contributed by atoms with Gasteiger partial charge in [0, 0.05) is 0 Å². The van der Waals surface area contributed by atoms with Crippen LogP contribution in [0.25, 0.3) is 0 Å². The minimum absolute atomic E-state index is 1.01. The van der Waals surface area contributed by atoms with E-state index in [4.69, 9.17) is 0 Å². The van der Waals surface area contributed by atoms with Crippen LogP contribution in [0.15, 0.2) is 0 Å². The van der Waals surface area contributed by atoms with E-state index in [9.17, 15) is 0 Å². The van der Waals surface area contributed by atoms with E-state index in [0.717, 1.165) is 58.8 Å². The van der Waals surface area contributed by atoms with Gasteiger partial charge >= 0.3 is 0 Å². The molecule has 28 heavy (non-hydrogen) atoms. The lowest BCUT2D eigenvalue weighted by Gasteiger charge is -2.50. The van der Waals surface area contributed by atoms with Gasteiger partial charge in [-0.05, 0) is 83.6 Å². The first kappa shape index (κ1) is 20.1. The summed E-state index contributed by atoms with van der Waals surface area (Å²) in [5.74, 6) is 9.77. The zero-order valence-corrected chi connectivity index (χ0v) is 20.6. The Morgan fingerprint density at radius 3 is 1.57 bits per heavy atom. The van der Waals surface area contributed by atoms with Crippen LogP contribution < -0.4 is 0 Å². The van der Waals surface area contributed by atoms with E-state index < -0.39 is 8.07 Å². The monoisotopic (exact) mass is 400 g/mol. The summed E-state index contributed by atoms with van der Waals surface area (Å²) >= 11 is 0. The first-order chi connectivity index (χ1) is 13.4. The molecule has 0 saturated heterocycles. The van der Waals surface area contributed by atoms with Crippen LogP contribution in [-0.4, -0.2) is 8.07 Å². The van der Waals surface area contributed by atoms with Crippen molar-refractivity contribution in [1.82, 2.24) is 0 Å². The van der Waals surface area contributed by atoms with Gasteiger partial charge in [0.1, 0.15) is 0 Å². The molecule has 0 radical (unpaired) electrons. The van der Waals surface area contributed by atoms with Gasteiger partial charge in [0.15, 0.2) is 0 Å². The molecule has 0 bridgehead atoms. The molecule has 0 spiro atoms. The largest absolute Gasteiger partial charge is 0.0689 e. The molecule has 0 amide bonds. The average molecular weight is 401 g/mol. The fourth-order valence-electron chi connectivity index (χ4n) is 10.9. The topological polar surface area (TPSA) is 0 Å². The van der Waals surface area contributed by atoms with Crippen LogP contribution in [0.4, 0.5) is 0 Å². The van der Waals surface area contributed by atoms with Crippen molar-refractivity contribution < 1.29 is 0 Å². The van der Waals surface area contributed by atoms with Crippen molar-refractivity contribution in [2.24, 2.45) is 53.3 Å². The molecule has 5 rings (SSSR count). The molecule has 5 fully saturated rings. The summed E-state index contributed by atoms with van der Waals surface area (Å²) in [6.45, 7) is 13.8. The molecular weight excluding hydrogens is 352 g/mol. The Morgan fingerprint density at radius 2 is 1.00 bits per heavy atom. The third-order valence-electron chi connectivity index (χ3n) is 11.6. The molecule has 1 heteroatoms. The summed E-state index contributed by atoms with van der Waals surface area (Å²) in [6.07, 6.45) is 17.3. The Hall–Kier alpha value is 0.217. The standard InChI is InChI=1S/C27H48Si/c1-17-14-15-18(2)25-24(17)16-19(3)26(25)28(4,5)27-22-12-8-6-10-20(22)21-11-7-9-13-23(21)27/h17-27H,6-16H2,1-5H3. The third-order valence-corrected chi connectivity index (χ3v) is 16.8. The average Bonchev–Trinajstić information content (AvgIpc) is 3.21. The first-order valence-electron chi connectivity index (χ1n) is 13.4. The highest BCUT2D eigenvalue weighted by atomic mass is 28.3. The molecule has 10 unspecified atom stereocenters. The minimum Gasteiger partial charge on any atom is -0.0689 e. The number of fused-ring (bicyclic) bond motifs is 4. The SMILES string of the molecule is CC1CCC(C)C2C1CC(C)C2[Si](C)(C)C1C2CCCCC2C2CCCCC21. The number of hydrogen-bond donors (Lipinski definition) is 0. The van der Waals surface area contributed by atoms with Crippen LogP contribution in [0.5, 0.6) is 0 Å². The minimum atomic E-state index is -1.30. The lowest BCUT2D eigenvalue weighted by molar-refractivity contribution is 0.135. The summed E-state index contributed by atoms with van der Waals surface area (Å²) in [7, 11) is -1.30. The second-order valence-electron chi connectivity index (χ2n) is 13.1. The van der Waals surface area contributed by atoms with E-state index in [1.807, 2.05) is 0 Å². The van der Waals surface area contributed by atoms with E-state index in [1.54, 1.807) is 57.8 Å². The van der Waals surface area contributed by atoms with Gasteiger partial charge in [0.05, 0.1) is 8.07 Å². The zero-order valence-electron chi connectivity index (χ0n) is 19.6. The summed E-state index contributed by atoms with van der Waals surface area (Å²) in [5, 5.41) is 0. The van der Waals surface area contributed by atoms with Crippen molar-refractivity contribution in [3.05, 3.63) is 0 Å². The smallest absolute Gasteiger partial charge is 0.0547 e. The molecule has 0 nitrogen and oxygen atoms in total. The van der Waals surface area contributed by atoms with E-state index >= 15 is 0 Å². The molecule has 5 saturated carbocycles. The van der Waals surface area contributed by atoms with Crippen molar-refractivity contribution in [1.29, 1.82) is 0 Å².